The van der Waals surface area contributed by atoms with E-state index in [0.717, 1.165) is 34.4 Å². The van der Waals surface area contributed by atoms with Crippen LogP contribution in [0, 0.1) is 0 Å². The number of nitrogens with two attached hydrogens (primary N) is 4. The van der Waals surface area contributed by atoms with Crippen molar-refractivity contribution in [2.45, 2.75) is 281 Å². The van der Waals surface area contributed by atoms with Gasteiger partial charge >= 0.3 is 27.4 Å². The Bertz CT molecular complexity index is 6390. The van der Waals surface area contributed by atoms with E-state index in [4.69, 9.17) is 88.4 Å². The maximum absolute atomic E-state index is 14.7. The van der Waals surface area contributed by atoms with Crippen molar-refractivity contribution in [2.24, 2.45) is 0 Å². The highest BCUT2D eigenvalue weighted by Gasteiger charge is 2.68. The summed E-state index contributed by atoms with van der Waals surface area (Å²) < 4.78 is 121. The number of hydrogen-bond donors (Lipinski definition) is 12. The van der Waals surface area contributed by atoms with Gasteiger partial charge in [-0.3, -0.25) is 18.6 Å². The molecule has 732 valence electrons. The summed E-state index contributed by atoms with van der Waals surface area (Å²) in [5.41, 5.74) is 20.7. The van der Waals surface area contributed by atoms with Crippen molar-refractivity contribution >= 4 is 116 Å². The molecule has 44 heteroatoms. The molecule has 6 saturated heterocycles. The Labute approximate surface area is 783 Å². The van der Waals surface area contributed by atoms with E-state index in [2.05, 4.69) is 50.0 Å². The third-order valence-corrected chi connectivity index (χ3v) is 28.4. The number of benzene rings is 4. The van der Waals surface area contributed by atoms with Crippen LogP contribution in [0.4, 0.5) is 23.3 Å². The van der Waals surface area contributed by atoms with Crippen molar-refractivity contribution in [3.8, 4) is 11.5 Å². The second kappa shape index (κ2) is 39.3. The second-order valence-corrected chi connectivity index (χ2v) is 39.7. The predicted molar refractivity (Wildman–Crippen MR) is 499 cm³/mol. The number of esters is 2. The lowest BCUT2D eigenvalue weighted by Crippen LogP contribution is -2.46. The van der Waals surface area contributed by atoms with Crippen molar-refractivity contribution in [3.05, 3.63) is 159 Å². The smallest absolute Gasteiger partial charge is 0.459 e. The molecule has 136 heavy (non-hydrogen) atoms. The molecule has 18 rings (SSSR count). The average Bonchev–Trinajstić information content (AvgIpc) is 1.55. The van der Waals surface area contributed by atoms with Crippen LogP contribution in [0.25, 0.3) is 65.7 Å². The summed E-state index contributed by atoms with van der Waals surface area (Å²) in [6, 6.07) is 30.6. The molecule has 6 aliphatic rings. The van der Waals surface area contributed by atoms with Crippen LogP contribution in [-0.4, -0.2) is 233 Å². The molecule has 6 aliphatic heterocycles. The maximum Gasteiger partial charge on any atom is 0.459 e. The molecule has 24 atom stereocenters. The highest BCUT2D eigenvalue weighted by molar-refractivity contribution is 7.52. The minimum absolute atomic E-state index is 0.219. The number of anilines is 4. The van der Waals surface area contributed by atoms with Gasteiger partial charge in [-0.2, -0.15) is 10.2 Å². The molecule has 16 N–H and O–H groups in total. The van der Waals surface area contributed by atoms with E-state index in [-0.39, 0.29) is 24.8 Å². The van der Waals surface area contributed by atoms with E-state index < -0.39 is 172 Å². The maximum atomic E-state index is 14.7. The number of rotatable bonds is 28. The van der Waals surface area contributed by atoms with Crippen LogP contribution in [0.3, 0.4) is 0 Å². The fourth-order valence-corrected chi connectivity index (χ4v) is 21.6. The van der Waals surface area contributed by atoms with Gasteiger partial charge in [-0.1, -0.05) is 99.5 Å². The highest BCUT2D eigenvalue weighted by atomic mass is 31.2. The summed E-state index contributed by atoms with van der Waals surface area (Å²) in [6.45, 7) is 28.0. The number of carbonyl (C=O) groups is 2. The summed E-state index contributed by atoms with van der Waals surface area (Å²) in [6.07, 6.45) is 1.51. The quantitative estimate of drug-likeness (QED) is 0.0123. The average molecular weight is 1920 g/mol. The molecule has 4 aromatic carbocycles. The summed E-state index contributed by atoms with van der Waals surface area (Å²) in [4.78, 5) is 58.8. The minimum atomic E-state index is -4.36. The van der Waals surface area contributed by atoms with Gasteiger partial charge < -0.3 is 128 Å². The predicted octanol–water partition coefficient (Wildman–Crippen LogP) is 10.6. The van der Waals surface area contributed by atoms with E-state index >= 15 is 0 Å². The first kappa shape index (κ1) is 99.8. The van der Waals surface area contributed by atoms with E-state index in [0.29, 0.717) is 80.2 Å². The molecule has 0 saturated carbocycles. The third kappa shape index (κ3) is 19.8. The van der Waals surface area contributed by atoms with Gasteiger partial charge in [0.05, 0.1) is 59.2 Å². The van der Waals surface area contributed by atoms with Gasteiger partial charge in [-0.05, 0) is 157 Å². The SMILES string of the molecule is CCCCOC(=O)[C@H](C)NP(=O)(Oc1cccc2ccccc12)O[C@H](C)[C@H]1O[C@@H](n2ccc3c(N)ncnc32)[C@](C)(O)[C@@H]1O.CCCCOC(=O)[C@H](C)NP(=O)(Oc1cccc2ccccc12)O[C@H](C)[C@H]1O[C@@H](n2ccc3c(N)ncnc32)[C@]2(C)OC(C)(C)O[C@H]12.C[C@@H](O)[C@H]1O[C@@H](n2ccc3c(N)ncnc32)[C@](C)(O)[C@@H]1O.C[C@@H](O)[C@H]1O[C@@H](n2ccc3c(N)ncnc32)[C@]2(C)OC(C)(C)O[C@H]12. The Hall–Kier alpha value is -10.6. The Morgan fingerprint density at radius 3 is 1.11 bits per heavy atom. The first-order chi connectivity index (χ1) is 64.4. The van der Waals surface area contributed by atoms with E-state index in [1.807, 2.05) is 150 Å². The van der Waals surface area contributed by atoms with Gasteiger partial charge in [0, 0.05) is 35.6 Å². The fraction of sp³-hybridized carbons (Fsp3) is 0.500. The molecule has 2 unspecified atom stereocenters. The number of nitrogens with zero attached hydrogens (tertiary/aromatic N) is 12. The van der Waals surface area contributed by atoms with Crippen molar-refractivity contribution in [2.75, 3.05) is 36.1 Å². The normalized spacial score (nSPS) is 28.7. The molecule has 14 heterocycles. The number of hydrogen-bond acceptors (Lipinski definition) is 36. The Morgan fingerprint density at radius 1 is 0.434 bits per heavy atom. The van der Waals surface area contributed by atoms with Crippen LogP contribution in [-0.2, 0) is 75.1 Å². The van der Waals surface area contributed by atoms with Crippen LogP contribution in [0.15, 0.2) is 159 Å². The molecule has 0 spiro atoms. The van der Waals surface area contributed by atoms with Crippen molar-refractivity contribution in [1.82, 2.24) is 68.3 Å². The number of fused-ring (bicyclic) bond motifs is 8. The molecule has 0 radical (unpaired) electrons. The van der Waals surface area contributed by atoms with Gasteiger partial charge in [0.25, 0.3) is 0 Å². The molecule has 6 fully saturated rings. The first-order valence-corrected chi connectivity index (χ1v) is 48.1. The number of nitrogen functional groups attached to an aromatic ring is 4. The zero-order valence-corrected chi connectivity index (χ0v) is 80.0. The summed E-state index contributed by atoms with van der Waals surface area (Å²) >= 11 is 0. The van der Waals surface area contributed by atoms with Gasteiger partial charge in [-0.25, -0.2) is 49.0 Å². The lowest BCUT2D eigenvalue weighted by atomic mass is 9.94. The van der Waals surface area contributed by atoms with E-state index in [1.165, 1.54) is 59.9 Å². The van der Waals surface area contributed by atoms with E-state index in [9.17, 15) is 49.4 Å². The Kier molecular flexibility index (Phi) is 28.9. The topological polar surface area (TPSA) is 570 Å². The molecule has 0 bridgehead atoms. The van der Waals surface area contributed by atoms with Crippen molar-refractivity contribution in [3.63, 3.8) is 0 Å². The number of aromatic nitrogens is 12. The molecule has 0 aliphatic carbocycles. The lowest BCUT2D eigenvalue weighted by Gasteiger charge is -2.31. The molecular weight excluding hydrogens is 1800 g/mol. The second-order valence-electron chi connectivity index (χ2n) is 36.5. The number of nitrogens with one attached hydrogen (secondary N) is 2. The van der Waals surface area contributed by atoms with Gasteiger partial charge in [-0.15, -0.1) is 0 Å². The van der Waals surface area contributed by atoms with Gasteiger partial charge in [0.15, 0.2) is 36.5 Å². The third-order valence-electron chi connectivity index (χ3n) is 24.9. The number of unbranched alkanes of at least 4 members (excludes halogenated alkanes) is 2. The van der Waals surface area contributed by atoms with Crippen LogP contribution in [0.2, 0.25) is 0 Å². The minimum Gasteiger partial charge on any atom is -0.465 e. The number of aliphatic hydroxyl groups excluding tert-OH is 4. The molecule has 8 aromatic heterocycles. The Balaban J connectivity index is 0.000000145. The first-order valence-electron chi connectivity index (χ1n) is 45.0. The highest BCUT2D eigenvalue weighted by Crippen LogP contribution is 2.58. The number of carbonyl (C=O) groups excluding carboxylic acids is 2. The summed E-state index contributed by atoms with van der Waals surface area (Å²) in [5, 5.41) is 74.5. The monoisotopic (exact) mass is 1920 g/mol. The lowest BCUT2D eigenvalue weighted by molar-refractivity contribution is -0.221. The molecular formula is C92H120N18O24P2. The van der Waals surface area contributed by atoms with Gasteiger partial charge in [0.1, 0.15) is 166 Å². The number of aliphatic hydroxyl groups is 6. The van der Waals surface area contributed by atoms with Crippen LogP contribution in [0.5, 0.6) is 11.5 Å². The van der Waals surface area contributed by atoms with Crippen molar-refractivity contribution < 1.29 is 115 Å². The van der Waals surface area contributed by atoms with Crippen LogP contribution < -0.4 is 42.2 Å². The standard InChI is InChI=1S/C33H42N5O8P.C30H38N5O8P.C16H22N4O4.C13H18N4O4/c1-7-8-18-41-30(39)20(2)37-47(40,45-25-15-11-13-22-12-9-10-14-23(22)25)44-21(3)26-27-33(6,46-32(4,5)43-27)31(42-26)38-17-16-24-28(34)35-19-36-29(24)38;1-5-6-16-40-28(37)18(2)34-44(39,43-23-13-9-11-20-10-7-8-12-21(20)23)42-19(3)24-25(36)30(4,38)29(41-24)35-15-14-22-26(31)32-17-33-27(22)35;1-8(21)10-11-16(4,24-15(2,3)23-11)14(22-10)20-6-5-9-12(17)18-7-19-13(9)20;1-6(18)8-9(19)13(2,20)12(21-8)17-4-3-7-10(14)15-5-16-11(7)17/h9-17,19-21,26-27,31H,7-8,18H2,1-6H3,(H,37,40)(H2,34,35,36);7-15,17-19,24-25,29,36,38H,5-6,16H2,1-4H3,(H,34,39)(H2,31,32,33);5-8,10-11,14,21H,1-4H3,(H2,17,18,19);3-6,8-9,12,18-20H,1-2H3,(H2,14,15,16)/t20-,21+,26+,27+,31+,33+,47?;18-,19+,24+,25+,29+,30+,44?;8-,10-,11-,14-,16-;6-,8-,9-,12-,13-/m0011/s1. The summed E-state index contributed by atoms with van der Waals surface area (Å²) in [5.74, 6) is -1.02. The number of ether oxygens (including phenoxy) is 10. The summed E-state index contributed by atoms with van der Waals surface area (Å²) in [7, 11) is -8.66. The van der Waals surface area contributed by atoms with Crippen LogP contribution in [0.1, 0.15) is 161 Å². The van der Waals surface area contributed by atoms with E-state index in [1.54, 1.807) is 78.7 Å². The van der Waals surface area contributed by atoms with Gasteiger partial charge in [0.2, 0.25) is 0 Å². The zero-order valence-electron chi connectivity index (χ0n) is 78.2. The zero-order chi connectivity index (χ0) is 97.8. The molecule has 12 aromatic rings. The molecule has 42 nitrogen and oxygen atoms in total. The van der Waals surface area contributed by atoms with Crippen LogP contribution >= 0.6 is 15.5 Å². The fourth-order valence-electron chi connectivity index (χ4n) is 18.2. The van der Waals surface area contributed by atoms with Crippen molar-refractivity contribution in [1.29, 1.82) is 0 Å². The Morgan fingerprint density at radius 2 is 0.750 bits per heavy atom. The largest absolute Gasteiger partial charge is 0.465 e. The molecule has 0 amide bonds.